The quantitative estimate of drug-likeness (QED) is 0.197. The molecule has 1 saturated carbocycles. The van der Waals surface area contributed by atoms with E-state index in [4.69, 9.17) is 23.9 Å². The van der Waals surface area contributed by atoms with Crippen molar-refractivity contribution in [3.05, 3.63) is 17.7 Å². The zero-order valence-corrected chi connectivity index (χ0v) is 20.7. The Morgan fingerprint density at radius 1 is 1.14 bits per heavy atom. The van der Waals surface area contributed by atoms with E-state index in [0.29, 0.717) is 23.8 Å². The summed E-state index contributed by atoms with van der Waals surface area (Å²) in [6.07, 6.45) is 3.38. The number of nitrogens with zero attached hydrogens (tertiary/aromatic N) is 2. The standard InChI is InChI=1S/C21H35N3O4.HI/c1-6-22-21(24(2)13-14-28-15-16-7-8-16)23-12-11-17-9-10-18(25-3)20(27-5)19(17)26-4;/h9-10,16H,6-8,11-15H2,1-5H3,(H,22,23);1H. The molecule has 0 saturated heterocycles. The average Bonchev–Trinajstić information content (AvgIpc) is 3.54. The maximum Gasteiger partial charge on any atom is 0.203 e. The summed E-state index contributed by atoms with van der Waals surface area (Å²) in [5, 5.41) is 3.34. The lowest BCUT2D eigenvalue weighted by Crippen LogP contribution is -2.40. The largest absolute Gasteiger partial charge is 0.493 e. The summed E-state index contributed by atoms with van der Waals surface area (Å²) in [5.41, 5.74) is 1.04. The van der Waals surface area contributed by atoms with Gasteiger partial charge in [0.2, 0.25) is 5.75 Å². The second-order valence-corrected chi connectivity index (χ2v) is 6.92. The third-order valence-electron chi connectivity index (χ3n) is 4.75. The van der Waals surface area contributed by atoms with Gasteiger partial charge >= 0.3 is 0 Å². The number of nitrogens with one attached hydrogen (secondary N) is 1. The van der Waals surface area contributed by atoms with Crippen LogP contribution in [0.3, 0.4) is 0 Å². The fraction of sp³-hybridized carbons (Fsp3) is 0.667. The molecule has 1 aromatic carbocycles. The molecule has 0 unspecified atom stereocenters. The summed E-state index contributed by atoms with van der Waals surface area (Å²) >= 11 is 0. The third kappa shape index (κ3) is 8.08. The van der Waals surface area contributed by atoms with E-state index in [1.54, 1.807) is 21.3 Å². The van der Waals surface area contributed by atoms with Gasteiger partial charge in [-0.1, -0.05) is 6.07 Å². The number of rotatable bonds is 12. The number of likely N-dealkylation sites (N-methyl/N-ethyl adjacent to an activating group) is 1. The summed E-state index contributed by atoms with van der Waals surface area (Å²) in [6, 6.07) is 3.90. The minimum atomic E-state index is 0. The van der Waals surface area contributed by atoms with Crippen LogP contribution in [0.15, 0.2) is 17.1 Å². The Morgan fingerprint density at radius 3 is 2.45 bits per heavy atom. The Kier molecular flexibility index (Phi) is 12.1. The highest BCUT2D eigenvalue weighted by molar-refractivity contribution is 14.0. The first-order chi connectivity index (χ1) is 13.6. The first-order valence-electron chi connectivity index (χ1n) is 9.99. The fourth-order valence-electron chi connectivity index (χ4n) is 2.95. The van der Waals surface area contributed by atoms with E-state index in [1.807, 2.05) is 19.2 Å². The zero-order valence-electron chi connectivity index (χ0n) is 18.3. The zero-order chi connectivity index (χ0) is 20.4. The number of hydrogen-bond acceptors (Lipinski definition) is 5. The average molecular weight is 521 g/mol. The number of benzene rings is 1. The van der Waals surface area contributed by atoms with Gasteiger partial charge < -0.3 is 29.2 Å². The first kappa shape index (κ1) is 25.6. The van der Waals surface area contributed by atoms with Crippen molar-refractivity contribution in [3.63, 3.8) is 0 Å². The molecule has 0 bridgehead atoms. The number of hydrogen-bond donors (Lipinski definition) is 1. The van der Waals surface area contributed by atoms with Crippen LogP contribution in [0.4, 0.5) is 0 Å². The highest BCUT2D eigenvalue weighted by Gasteiger charge is 2.21. The molecule has 1 N–H and O–H groups in total. The minimum Gasteiger partial charge on any atom is -0.493 e. The molecule has 29 heavy (non-hydrogen) atoms. The monoisotopic (exact) mass is 521 g/mol. The first-order valence-corrected chi connectivity index (χ1v) is 9.99. The van der Waals surface area contributed by atoms with Crippen LogP contribution < -0.4 is 19.5 Å². The van der Waals surface area contributed by atoms with Crippen LogP contribution >= 0.6 is 24.0 Å². The predicted octanol–water partition coefficient (Wildman–Crippen LogP) is 3.20. The fourth-order valence-corrected chi connectivity index (χ4v) is 2.95. The van der Waals surface area contributed by atoms with E-state index in [-0.39, 0.29) is 24.0 Å². The van der Waals surface area contributed by atoms with Gasteiger partial charge in [-0.15, -0.1) is 24.0 Å². The number of ether oxygens (including phenoxy) is 4. The Hall–Kier alpha value is -1.42. The summed E-state index contributed by atoms with van der Waals surface area (Å²) in [5.74, 6) is 3.65. The molecule has 1 aliphatic rings. The summed E-state index contributed by atoms with van der Waals surface area (Å²) < 4.78 is 22.1. The number of methoxy groups -OCH3 is 3. The van der Waals surface area contributed by atoms with Gasteiger partial charge in [-0.05, 0) is 38.2 Å². The van der Waals surface area contributed by atoms with Crippen molar-refractivity contribution in [1.29, 1.82) is 0 Å². The molecule has 2 rings (SSSR count). The Labute approximate surface area is 192 Å². The van der Waals surface area contributed by atoms with Gasteiger partial charge in [-0.3, -0.25) is 4.99 Å². The second kappa shape index (κ2) is 13.7. The number of aliphatic imine (C=N–C) groups is 1. The van der Waals surface area contributed by atoms with E-state index in [2.05, 4.69) is 17.1 Å². The van der Waals surface area contributed by atoms with Crippen LogP contribution in [0, 0.1) is 5.92 Å². The lowest BCUT2D eigenvalue weighted by atomic mass is 10.1. The summed E-state index contributed by atoms with van der Waals surface area (Å²) in [6.45, 7) is 5.97. The van der Waals surface area contributed by atoms with Crippen LogP contribution in [-0.2, 0) is 11.2 Å². The molecule has 1 aliphatic carbocycles. The predicted molar refractivity (Wildman–Crippen MR) is 127 cm³/mol. The Morgan fingerprint density at radius 2 is 1.86 bits per heavy atom. The van der Waals surface area contributed by atoms with Crippen LogP contribution in [0.5, 0.6) is 17.2 Å². The SMILES string of the molecule is CCNC(=NCCc1ccc(OC)c(OC)c1OC)N(C)CCOCC1CC1.I. The van der Waals surface area contributed by atoms with Crippen LogP contribution in [0.25, 0.3) is 0 Å². The molecule has 0 heterocycles. The Bertz CT molecular complexity index is 639. The van der Waals surface area contributed by atoms with Gasteiger partial charge in [0.1, 0.15) is 0 Å². The lowest BCUT2D eigenvalue weighted by Gasteiger charge is -2.22. The van der Waals surface area contributed by atoms with Crippen molar-refractivity contribution in [2.24, 2.45) is 10.9 Å². The molecular weight excluding hydrogens is 485 g/mol. The van der Waals surface area contributed by atoms with Crippen molar-refractivity contribution in [2.75, 3.05) is 61.2 Å². The van der Waals surface area contributed by atoms with Gasteiger partial charge in [-0.2, -0.15) is 0 Å². The molecule has 0 radical (unpaired) electrons. The van der Waals surface area contributed by atoms with E-state index >= 15 is 0 Å². The molecular formula is C21H36IN3O4. The van der Waals surface area contributed by atoms with Crippen molar-refractivity contribution < 1.29 is 18.9 Å². The molecule has 8 heteroatoms. The molecule has 0 aromatic heterocycles. The second-order valence-electron chi connectivity index (χ2n) is 6.92. The van der Waals surface area contributed by atoms with Crippen molar-refractivity contribution >= 4 is 29.9 Å². The molecule has 166 valence electrons. The summed E-state index contributed by atoms with van der Waals surface area (Å²) in [4.78, 5) is 6.87. The lowest BCUT2D eigenvalue weighted by molar-refractivity contribution is 0.115. The van der Waals surface area contributed by atoms with E-state index < -0.39 is 0 Å². The van der Waals surface area contributed by atoms with E-state index in [1.165, 1.54) is 12.8 Å². The highest BCUT2D eigenvalue weighted by Crippen LogP contribution is 2.39. The highest BCUT2D eigenvalue weighted by atomic mass is 127. The normalized spacial score (nSPS) is 13.5. The van der Waals surface area contributed by atoms with Gasteiger partial charge in [0.25, 0.3) is 0 Å². The van der Waals surface area contributed by atoms with Crippen LogP contribution in [-0.4, -0.2) is 72.1 Å². The van der Waals surface area contributed by atoms with Gasteiger partial charge in [0.05, 0.1) is 27.9 Å². The molecule has 0 atom stereocenters. The van der Waals surface area contributed by atoms with E-state index in [0.717, 1.165) is 50.2 Å². The molecule has 7 nitrogen and oxygen atoms in total. The van der Waals surface area contributed by atoms with Crippen LogP contribution in [0.2, 0.25) is 0 Å². The molecule has 0 aliphatic heterocycles. The van der Waals surface area contributed by atoms with Gasteiger partial charge in [0.15, 0.2) is 17.5 Å². The summed E-state index contributed by atoms with van der Waals surface area (Å²) in [7, 11) is 6.92. The van der Waals surface area contributed by atoms with Crippen molar-refractivity contribution in [2.45, 2.75) is 26.2 Å². The maximum absolute atomic E-state index is 5.74. The molecule has 1 fully saturated rings. The third-order valence-corrected chi connectivity index (χ3v) is 4.75. The molecule has 0 amide bonds. The molecule has 1 aromatic rings. The topological polar surface area (TPSA) is 64.6 Å². The van der Waals surface area contributed by atoms with Crippen molar-refractivity contribution in [1.82, 2.24) is 10.2 Å². The maximum atomic E-state index is 5.74. The smallest absolute Gasteiger partial charge is 0.203 e. The van der Waals surface area contributed by atoms with Crippen molar-refractivity contribution in [3.8, 4) is 17.2 Å². The number of guanidine groups is 1. The number of halogens is 1. The van der Waals surface area contributed by atoms with Gasteiger partial charge in [0, 0.05) is 38.9 Å². The van der Waals surface area contributed by atoms with Crippen LogP contribution in [0.1, 0.15) is 25.3 Å². The Balaban J connectivity index is 0.00000420. The molecule has 0 spiro atoms. The van der Waals surface area contributed by atoms with Gasteiger partial charge in [-0.25, -0.2) is 0 Å². The minimum absolute atomic E-state index is 0. The van der Waals surface area contributed by atoms with E-state index in [9.17, 15) is 0 Å².